The molecule has 84 valence electrons. The highest BCUT2D eigenvalue weighted by Crippen LogP contribution is 2.23. The fourth-order valence-corrected chi connectivity index (χ4v) is 5.40. The van der Waals surface area contributed by atoms with E-state index in [9.17, 15) is 0 Å². The normalized spacial score (nSPS) is 12.0. The third kappa shape index (κ3) is 2.14. The van der Waals surface area contributed by atoms with Gasteiger partial charge >= 0.3 is 0 Å². The van der Waals surface area contributed by atoms with E-state index in [0.29, 0.717) is 0 Å². The van der Waals surface area contributed by atoms with Crippen molar-refractivity contribution in [3.05, 3.63) is 27.8 Å². The summed E-state index contributed by atoms with van der Waals surface area (Å²) < 4.78 is 0. The predicted octanol–water partition coefficient (Wildman–Crippen LogP) is 3.88. The minimum atomic E-state index is -1.74. The number of hydrogen-bond donors (Lipinski definition) is 0. The summed E-state index contributed by atoms with van der Waals surface area (Å²) in [6.07, 6.45) is 0. The van der Waals surface area contributed by atoms with Crippen molar-refractivity contribution in [2.45, 2.75) is 47.7 Å². The van der Waals surface area contributed by atoms with E-state index in [1.165, 1.54) is 33.0 Å². The fraction of sp³-hybridized carbons (Fsp3) is 0.538. The molecule has 0 aliphatic heterocycles. The third-order valence-electron chi connectivity index (χ3n) is 3.59. The van der Waals surface area contributed by atoms with Gasteiger partial charge < -0.3 is 0 Å². The van der Waals surface area contributed by atoms with Crippen molar-refractivity contribution >= 4 is 23.6 Å². The first-order chi connectivity index (χ1) is 6.68. The molecule has 0 N–H and O–H groups in total. The molecule has 2 heteroatoms. The highest BCUT2D eigenvalue weighted by molar-refractivity contribution is 7.26. The van der Waals surface area contributed by atoms with Gasteiger partial charge in [0.2, 0.25) is 0 Å². The lowest BCUT2D eigenvalue weighted by Gasteiger charge is -2.25. The molecule has 0 unspecified atom stereocenters. The molecular weight excluding hydrogens is 220 g/mol. The second-order valence-corrected chi connectivity index (χ2v) is 11.3. The van der Waals surface area contributed by atoms with E-state index >= 15 is 0 Å². The molecule has 0 heterocycles. The molecule has 0 saturated heterocycles. The second-order valence-electron chi connectivity index (χ2n) is 4.97. The SMILES string of the molecule is Cc1c(C)c(C)c([Si](C)(C)Cl)c(C)c1C. The van der Waals surface area contributed by atoms with Crippen molar-refractivity contribution in [3.8, 4) is 0 Å². The van der Waals surface area contributed by atoms with Crippen molar-refractivity contribution in [1.29, 1.82) is 0 Å². The standard InChI is InChI=1S/C13H21ClSi/c1-8-9(2)11(4)13(15(6,7)14)12(5)10(8)3/h1-7H3. The van der Waals surface area contributed by atoms with Gasteiger partial charge in [0.25, 0.3) is 0 Å². The Balaban J connectivity index is 3.68. The minimum absolute atomic E-state index is 1.40. The Hall–Kier alpha value is -0.273. The van der Waals surface area contributed by atoms with Crippen LogP contribution in [0.3, 0.4) is 0 Å². The quantitative estimate of drug-likeness (QED) is 0.516. The van der Waals surface area contributed by atoms with Gasteiger partial charge in [0.1, 0.15) is 0 Å². The van der Waals surface area contributed by atoms with Crippen molar-refractivity contribution in [3.63, 3.8) is 0 Å². The number of hydrogen-bond acceptors (Lipinski definition) is 0. The first-order valence-electron chi connectivity index (χ1n) is 5.44. The maximum Gasteiger partial charge on any atom is 0.181 e. The van der Waals surface area contributed by atoms with Crippen LogP contribution in [0.4, 0.5) is 0 Å². The van der Waals surface area contributed by atoms with Gasteiger partial charge in [0.15, 0.2) is 7.38 Å². The molecule has 0 atom stereocenters. The molecule has 0 aromatic heterocycles. The van der Waals surface area contributed by atoms with Crippen LogP contribution < -0.4 is 5.19 Å². The Kier molecular flexibility index (Phi) is 3.37. The van der Waals surface area contributed by atoms with E-state index in [4.69, 9.17) is 11.1 Å². The van der Waals surface area contributed by atoms with Gasteiger partial charge in [0, 0.05) is 0 Å². The summed E-state index contributed by atoms with van der Waals surface area (Å²) in [6.45, 7) is 15.4. The maximum absolute atomic E-state index is 6.60. The summed E-state index contributed by atoms with van der Waals surface area (Å²) >= 11 is 6.60. The van der Waals surface area contributed by atoms with Gasteiger partial charge in [-0.3, -0.25) is 0 Å². The zero-order valence-corrected chi connectivity index (χ0v) is 12.6. The van der Waals surface area contributed by atoms with Crippen LogP contribution in [0.5, 0.6) is 0 Å². The average Bonchev–Trinajstić information content (AvgIpc) is 2.09. The van der Waals surface area contributed by atoms with Crippen LogP contribution in [0.2, 0.25) is 13.1 Å². The smallest absolute Gasteiger partial charge is 0.161 e. The Labute approximate surface area is 99.4 Å². The van der Waals surface area contributed by atoms with E-state index in [-0.39, 0.29) is 0 Å². The highest BCUT2D eigenvalue weighted by atomic mass is 35.6. The molecule has 0 bridgehead atoms. The summed E-state index contributed by atoms with van der Waals surface area (Å²) in [4.78, 5) is 0. The molecular formula is C13H21ClSi. The molecule has 0 spiro atoms. The summed E-state index contributed by atoms with van der Waals surface area (Å²) in [7, 11) is -1.74. The number of benzene rings is 1. The zero-order valence-electron chi connectivity index (χ0n) is 10.9. The summed E-state index contributed by atoms with van der Waals surface area (Å²) in [5, 5.41) is 1.43. The number of halogens is 1. The van der Waals surface area contributed by atoms with E-state index in [1.807, 2.05) is 0 Å². The topological polar surface area (TPSA) is 0 Å². The third-order valence-corrected chi connectivity index (χ3v) is 6.10. The summed E-state index contributed by atoms with van der Waals surface area (Å²) in [5.74, 6) is 0. The van der Waals surface area contributed by atoms with Gasteiger partial charge in [-0.15, -0.1) is 0 Å². The molecule has 0 nitrogen and oxygen atoms in total. The Morgan fingerprint density at radius 1 is 0.667 bits per heavy atom. The van der Waals surface area contributed by atoms with Crippen LogP contribution in [-0.2, 0) is 0 Å². The average molecular weight is 241 g/mol. The van der Waals surface area contributed by atoms with Gasteiger partial charge in [-0.25, -0.2) is 0 Å². The molecule has 0 fully saturated rings. The Morgan fingerprint density at radius 3 is 1.20 bits per heavy atom. The molecule has 0 aliphatic rings. The maximum atomic E-state index is 6.60. The molecule has 15 heavy (non-hydrogen) atoms. The van der Waals surface area contributed by atoms with Crippen LogP contribution in [0, 0.1) is 34.6 Å². The molecule has 0 aliphatic carbocycles. The lowest BCUT2D eigenvalue weighted by Crippen LogP contribution is -2.40. The van der Waals surface area contributed by atoms with Gasteiger partial charge in [-0.05, 0) is 67.6 Å². The molecule has 0 saturated carbocycles. The monoisotopic (exact) mass is 240 g/mol. The predicted molar refractivity (Wildman–Crippen MR) is 73.1 cm³/mol. The zero-order chi connectivity index (χ0) is 12.0. The molecule has 1 aromatic rings. The van der Waals surface area contributed by atoms with Crippen molar-refractivity contribution in [2.75, 3.05) is 0 Å². The van der Waals surface area contributed by atoms with E-state index in [1.54, 1.807) is 0 Å². The molecule has 0 amide bonds. The fourth-order valence-electron chi connectivity index (χ4n) is 2.39. The van der Waals surface area contributed by atoms with Crippen LogP contribution in [0.25, 0.3) is 0 Å². The largest absolute Gasteiger partial charge is 0.181 e. The minimum Gasteiger partial charge on any atom is -0.161 e. The van der Waals surface area contributed by atoms with Gasteiger partial charge in [0.05, 0.1) is 0 Å². The van der Waals surface area contributed by atoms with Crippen LogP contribution in [0.1, 0.15) is 27.8 Å². The van der Waals surface area contributed by atoms with Crippen LogP contribution in [0.15, 0.2) is 0 Å². The van der Waals surface area contributed by atoms with Crippen LogP contribution >= 0.6 is 11.1 Å². The molecule has 1 rings (SSSR count). The highest BCUT2D eigenvalue weighted by Gasteiger charge is 2.26. The van der Waals surface area contributed by atoms with E-state index < -0.39 is 7.38 Å². The number of rotatable bonds is 1. The Bertz CT molecular complexity index is 371. The van der Waals surface area contributed by atoms with E-state index in [0.717, 1.165) is 0 Å². The first-order valence-corrected chi connectivity index (χ1v) is 9.45. The van der Waals surface area contributed by atoms with Gasteiger partial charge in [-0.2, -0.15) is 11.1 Å². The Morgan fingerprint density at radius 2 is 0.933 bits per heavy atom. The van der Waals surface area contributed by atoms with Crippen molar-refractivity contribution in [2.24, 2.45) is 0 Å². The first kappa shape index (κ1) is 12.8. The van der Waals surface area contributed by atoms with Crippen molar-refractivity contribution in [1.82, 2.24) is 0 Å². The van der Waals surface area contributed by atoms with Gasteiger partial charge in [-0.1, -0.05) is 13.1 Å². The summed E-state index contributed by atoms with van der Waals surface area (Å²) in [6, 6.07) is 0. The summed E-state index contributed by atoms with van der Waals surface area (Å²) in [5.41, 5.74) is 7.05. The van der Waals surface area contributed by atoms with Crippen LogP contribution in [-0.4, -0.2) is 7.38 Å². The van der Waals surface area contributed by atoms with Crippen molar-refractivity contribution < 1.29 is 0 Å². The lowest BCUT2D eigenvalue weighted by atomic mass is 9.95. The molecule has 1 aromatic carbocycles. The van der Waals surface area contributed by atoms with E-state index in [2.05, 4.69) is 47.7 Å². The lowest BCUT2D eigenvalue weighted by molar-refractivity contribution is 1.19. The second kappa shape index (κ2) is 3.95. The molecule has 0 radical (unpaired) electrons.